The molecule has 0 saturated heterocycles. The average Bonchev–Trinajstić information content (AvgIpc) is 2.27. The van der Waals surface area contributed by atoms with Gasteiger partial charge in [-0.25, -0.2) is 4.98 Å². The number of nitrogens with zero attached hydrogens (tertiary/aromatic N) is 2. The van der Waals surface area contributed by atoms with Gasteiger partial charge in [-0.1, -0.05) is 23.4 Å². The summed E-state index contributed by atoms with van der Waals surface area (Å²) in [4.78, 5) is 16.8. The lowest BCUT2D eigenvalue weighted by atomic mass is 10.2. The molecule has 1 aromatic carbocycles. The van der Waals surface area contributed by atoms with Crippen molar-refractivity contribution < 1.29 is 0 Å². The second kappa shape index (κ2) is 4.70. The van der Waals surface area contributed by atoms with Crippen LogP contribution in [-0.4, -0.2) is 15.8 Å². The summed E-state index contributed by atoms with van der Waals surface area (Å²) in [6.07, 6.45) is 1.91. The van der Waals surface area contributed by atoms with E-state index in [2.05, 4.69) is 4.98 Å². The molecule has 0 unspecified atom stereocenters. The normalized spacial score (nSPS) is 11.4. The number of aromatic nitrogens is 2. The summed E-state index contributed by atoms with van der Waals surface area (Å²) < 4.78 is 1.71. The van der Waals surface area contributed by atoms with E-state index in [-0.39, 0.29) is 11.6 Å². The Morgan fingerprint density at radius 2 is 2.12 bits per heavy atom. The van der Waals surface area contributed by atoms with Crippen LogP contribution in [0.1, 0.15) is 19.9 Å². The minimum Gasteiger partial charge on any atom is -0.285 e. The molecule has 1 heterocycles. The summed E-state index contributed by atoms with van der Waals surface area (Å²) in [5.74, 6) is 0. The Kier molecular flexibility index (Phi) is 3.45. The van der Waals surface area contributed by atoms with Crippen LogP contribution < -0.4 is 5.56 Å². The summed E-state index contributed by atoms with van der Waals surface area (Å²) in [7, 11) is 0. The number of thioether (sulfide) groups is 1. The Hall–Kier alpha value is -1.00. The lowest BCUT2D eigenvalue weighted by Crippen LogP contribution is -2.24. The fourth-order valence-corrected chi connectivity index (χ4v) is 2.60. The highest BCUT2D eigenvalue weighted by Crippen LogP contribution is 2.20. The Morgan fingerprint density at radius 1 is 1.41 bits per heavy atom. The molecule has 0 amide bonds. The molecule has 0 aliphatic carbocycles. The molecule has 2 rings (SSSR count). The molecule has 0 aliphatic heterocycles. The standard InChI is InChI=1S/C12H13ClN2OS/c1-7(2)15-11(16)9-5-4-8(13)6-10(9)14-12(15)17-3/h4-7H,1-3H3. The average molecular weight is 269 g/mol. The van der Waals surface area contributed by atoms with Crippen LogP contribution in [0.4, 0.5) is 0 Å². The summed E-state index contributed by atoms with van der Waals surface area (Å²) in [5, 5.41) is 1.93. The Labute approximate surface area is 109 Å². The molecule has 3 nitrogen and oxygen atoms in total. The third kappa shape index (κ3) is 2.19. The van der Waals surface area contributed by atoms with Gasteiger partial charge in [-0.2, -0.15) is 0 Å². The van der Waals surface area contributed by atoms with Gasteiger partial charge in [-0.15, -0.1) is 0 Å². The van der Waals surface area contributed by atoms with Crippen molar-refractivity contribution in [1.82, 2.24) is 9.55 Å². The summed E-state index contributed by atoms with van der Waals surface area (Å²) in [5.41, 5.74) is 0.648. The maximum absolute atomic E-state index is 12.3. The third-order valence-electron chi connectivity index (χ3n) is 2.53. The number of hydrogen-bond donors (Lipinski definition) is 0. The van der Waals surface area contributed by atoms with E-state index >= 15 is 0 Å². The van der Waals surface area contributed by atoms with E-state index in [1.165, 1.54) is 11.8 Å². The van der Waals surface area contributed by atoms with Crippen LogP contribution in [0.15, 0.2) is 28.2 Å². The van der Waals surface area contributed by atoms with Crippen molar-refractivity contribution in [2.45, 2.75) is 25.0 Å². The van der Waals surface area contributed by atoms with E-state index in [0.29, 0.717) is 15.9 Å². The van der Waals surface area contributed by atoms with Gasteiger partial charge in [0.1, 0.15) is 0 Å². The van der Waals surface area contributed by atoms with Crippen LogP contribution in [-0.2, 0) is 0 Å². The fraction of sp³-hybridized carbons (Fsp3) is 0.333. The first-order valence-corrected chi connectivity index (χ1v) is 6.90. The minimum absolute atomic E-state index is 0.00832. The van der Waals surface area contributed by atoms with Crippen molar-refractivity contribution >= 4 is 34.3 Å². The SMILES string of the molecule is CSc1nc2cc(Cl)ccc2c(=O)n1C(C)C. The van der Waals surface area contributed by atoms with Crippen molar-refractivity contribution in [1.29, 1.82) is 0 Å². The predicted molar refractivity (Wildman–Crippen MR) is 73.2 cm³/mol. The van der Waals surface area contributed by atoms with Gasteiger partial charge < -0.3 is 0 Å². The van der Waals surface area contributed by atoms with Crippen LogP contribution in [0.25, 0.3) is 10.9 Å². The molecule has 1 aromatic heterocycles. The maximum atomic E-state index is 12.3. The zero-order valence-corrected chi connectivity index (χ0v) is 11.5. The fourth-order valence-electron chi connectivity index (χ4n) is 1.75. The lowest BCUT2D eigenvalue weighted by Gasteiger charge is -2.14. The first-order chi connectivity index (χ1) is 8.04. The molecule has 5 heteroatoms. The molecule has 0 bridgehead atoms. The Bertz CT molecular complexity index is 622. The topological polar surface area (TPSA) is 34.9 Å². The molecule has 0 fully saturated rings. The number of halogens is 1. The lowest BCUT2D eigenvalue weighted by molar-refractivity contribution is 0.519. The third-order valence-corrected chi connectivity index (χ3v) is 3.42. The zero-order chi connectivity index (χ0) is 12.6. The van der Waals surface area contributed by atoms with Crippen molar-refractivity contribution in [3.8, 4) is 0 Å². The monoisotopic (exact) mass is 268 g/mol. The first-order valence-electron chi connectivity index (χ1n) is 5.30. The van der Waals surface area contributed by atoms with Crippen molar-refractivity contribution in [2.24, 2.45) is 0 Å². The molecule has 0 atom stereocenters. The van der Waals surface area contributed by atoms with E-state index in [1.54, 1.807) is 22.8 Å². The smallest absolute Gasteiger partial charge is 0.262 e. The predicted octanol–water partition coefficient (Wildman–Crippen LogP) is 3.35. The zero-order valence-electron chi connectivity index (χ0n) is 9.90. The molecular formula is C12H13ClN2OS. The summed E-state index contributed by atoms with van der Waals surface area (Å²) >= 11 is 7.38. The highest BCUT2D eigenvalue weighted by molar-refractivity contribution is 7.98. The number of benzene rings is 1. The van der Waals surface area contributed by atoms with Crippen LogP contribution in [0, 0.1) is 0 Å². The molecule has 17 heavy (non-hydrogen) atoms. The van der Waals surface area contributed by atoms with E-state index in [1.807, 2.05) is 20.1 Å². The van der Waals surface area contributed by atoms with Crippen LogP contribution >= 0.6 is 23.4 Å². The van der Waals surface area contributed by atoms with Crippen molar-refractivity contribution in [2.75, 3.05) is 6.26 Å². The largest absolute Gasteiger partial charge is 0.285 e. The van der Waals surface area contributed by atoms with E-state index in [0.717, 1.165) is 5.16 Å². The Morgan fingerprint density at radius 3 is 2.71 bits per heavy atom. The molecular weight excluding hydrogens is 256 g/mol. The van der Waals surface area contributed by atoms with Crippen molar-refractivity contribution in [3.63, 3.8) is 0 Å². The van der Waals surface area contributed by atoms with Crippen LogP contribution in [0.2, 0.25) is 5.02 Å². The second-order valence-electron chi connectivity index (χ2n) is 4.03. The highest BCUT2D eigenvalue weighted by atomic mass is 35.5. The quantitative estimate of drug-likeness (QED) is 0.619. The van der Waals surface area contributed by atoms with Gasteiger partial charge in [0.2, 0.25) is 0 Å². The van der Waals surface area contributed by atoms with Gasteiger partial charge in [0.15, 0.2) is 5.16 Å². The van der Waals surface area contributed by atoms with Crippen molar-refractivity contribution in [3.05, 3.63) is 33.6 Å². The minimum atomic E-state index is -0.00832. The molecule has 0 radical (unpaired) electrons. The summed E-state index contributed by atoms with van der Waals surface area (Å²) in [6.45, 7) is 3.95. The maximum Gasteiger partial charge on any atom is 0.262 e. The van der Waals surface area contributed by atoms with Crippen LogP contribution in [0.3, 0.4) is 0 Å². The molecule has 0 N–H and O–H groups in total. The van der Waals surface area contributed by atoms with E-state index in [9.17, 15) is 4.79 Å². The molecule has 0 spiro atoms. The van der Waals surface area contributed by atoms with E-state index < -0.39 is 0 Å². The van der Waals surface area contributed by atoms with Gasteiger partial charge >= 0.3 is 0 Å². The molecule has 0 saturated carbocycles. The number of rotatable bonds is 2. The number of hydrogen-bond acceptors (Lipinski definition) is 3. The molecule has 90 valence electrons. The van der Waals surface area contributed by atoms with Gasteiger partial charge in [0.25, 0.3) is 5.56 Å². The summed E-state index contributed by atoms with van der Waals surface area (Å²) in [6, 6.07) is 5.27. The molecule has 0 aliphatic rings. The second-order valence-corrected chi connectivity index (χ2v) is 5.24. The van der Waals surface area contributed by atoms with E-state index in [4.69, 9.17) is 11.6 Å². The van der Waals surface area contributed by atoms with Gasteiger partial charge in [0.05, 0.1) is 10.9 Å². The van der Waals surface area contributed by atoms with Crippen LogP contribution in [0.5, 0.6) is 0 Å². The molecule has 2 aromatic rings. The van der Waals surface area contributed by atoms with Gasteiger partial charge in [0, 0.05) is 11.1 Å². The van der Waals surface area contributed by atoms with Gasteiger partial charge in [-0.05, 0) is 38.3 Å². The first kappa shape index (κ1) is 12.5. The van der Waals surface area contributed by atoms with Gasteiger partial charge in [-0.3, -0.25) is 9.36 Å². The number of fused-ring (bicyclic) bond motifs is 1. The highest BCUT2D eigenvalue weighted by Gasteiger charge is 2.12. The Balaban J connectivity index is 2.88.